The van der Waals surface area contributed by atoms with E-state index < -0.39 is 0 Å². The van der Waals surface area contributed by atoms with Crippen molar-refractivity contribution in [3.05, 3.63) is 48.4 Å². The van der Waals surface area contributed by atoms with Crippen molar-refractivity contribution < 1.29 is 0 Å². The number of nitrogen functional groups attached to an aromatic ring is 1. The van der Waals surface area contributed by atoms with Gasteiger partial charge in [0.15, 0.2) is 0 Å². The van der Waals surface area contributed by atoms with E-state index in [0.717, 1.165) is 35.4 Å². The molecule has 3 rings (SSSR count). The van der Waals surface area contributed by atoms with Gasteiger partial charge in [0.25, 0.3) is 0 Å². The fourth-order valence-corrected chi connectivity index (χ4v) is 2.35. The van der Waals surface area contributed by atoms with Crippen molar-refractivity contribution in [1.82, 2.24) is 15.2 Å². The van der Waals surface area contributed by atoms with Crippen LogP contribution in [0.25, 0.3) is 10.9 Å². The average molecular weight is 267 g/mol. The van der Waals surface area contributed by atoms with Gasteiger partial charge < -0.3 is 10.6 Å². The first kappa shape index (κ1) is 12.5. The molecule has 3 aromatic rings. The zero-order valence-electron chi connectivity index (χ0n) is 11.4. The quantitative estimate of drug-likeness (QED) is 0.713. The van der Waals surface area contributed by atoms with Gasteiger partial charge in [-0.15, -0.1) is 0 Å². The summed E-state index contributed by atoms with van der Waals surface area (Å²) in [5.74, 6) is 0. The molecular formula is C15H17N5. The Hall–Kier alpha value is -2.56. The Balaban J connectivity index is 1.96. The van der Waals surface area contributed by atoms with Gasteiger partial charge >= 0.3 is 0 Å². The Morgan fingerprint density at radius 2 is 2.05 bits per heavy atom. The lowest BCUT2D eigenvalue weighted by Crippen LogP contribution is -2.23. The Morgan fingerprint density at radius 1 is 1.25 bits per heavy atom. The van der Waals surface area contributed by atoms with Crippen LogP contribution in [-0.4, -0.2) is 21.7 Å². The third-order valence-electron chi connectivity index (χ3n) is 3.43. The van der Waals surface area contributed by atoms with Crippen molar-refractivity contribution in [3.8, 4) is 0 Å². The summed E-state index contributed by atoms with van der Waals surface area (Å²) in [5, 5.41) is 8.07. The fourth-order valence-electron chi connectivity index (χ4n) is 2.35. The third-order valence-corrected chi connectivity index (χ3v) is 3.43. The molecule has 0 aliphatic carbocycles. The van der Waals surface area contributed by atoms with E-state index in [2.05, 4.69) is 33.1 Å². The van der Waals surface area contributed by atoms with Gasteiger partial charge in [-0.25, -0.2) is 0 Å². The molecule has 102 valence electrons. The smallest absolute Gasteiger partial charge is 0.0672 e. The summed E-state index contributed by atoms with van der Waals surface area (Å²) in [4.78, 5) is 6.29. The topological polar surface area (TPSA) is 70.8 Å². The van der Waals surface area contributed by atoms with Crippen molar-refractivity contribution in [2.45, 2.75) is 13.5 Å². The molecule has 0 aliphatic rings. The molecule has 1 aromatic carbocycles. The van der Waals surface area contributed by atoms with Gasteiger partial charge in [0.05, 0.1) is 23.1 Å². The molecule has 0 saturated heterocycles. The molecule has 5 heteroatoms. The lowest BCUT2D eigenvalue weighted by Gasteiger charge is -2.24. The highest BCUT2D eigenvalue weighted by Crippen LogP contribution is 2.29. The maximum Gasteiger partial charge on any atom is 0.0672 e. The summed E-state index contributed by atoms with van der Waals surface area (Å²) >= 11 is 0. The maximum atomic E-state index is 6.18. The number of nitrogens with zero attached hydrogens (tertiary/aromatic N) is 3. The molecule has 0 radical (unpaired) electrons. The SMILES string of the molecule is CCN(Cc1ccncc1)c1cc2[nH]ncc2cc1N. The summed E-state index contributed by atoms with van der Waals surface area (Å²) in [6.07, 6.45) is 5.41. The van der Waals surface area contributed by atoms with E-state index in [1.165, 1.54) is 5.56 Å². The summed E-state index contributed by atoms with van der Waals surface area (Å²) in [7, 11) is 0. The Morgan fingerprint density at radius 3 is 2.80 bits per heavy atom. The highest BCUT2D eigenvalue weighted by atomic mass is 15.1. The van der Waals surface area contributed by atoms with Crippen LogP contribution in [0.15, 0.2) is 42.9 Å². The van der Waals surface area contributed by atoms with Crippen LogP contribution in [0.5, 0.6) is 0 Å². The Kier molecular flexibility index (Phi) is 3.25. The minimum atomic E-state index is 0.773. The molecule has 0 spiro atoms. The number of benzene rings is 1. The number of anilines is 2. The molecule has 0 saturated carbocycles. The van der Waals surface area contributed by atoms with Crippen LogP contribution in [0, 0.1) is 0 Å². The largest absolute Gasteiger partial charge is 0.397 e. The first-order valence-electron chi connectivity index (χ1n) is 6.64. The highest BCUT2D eigenvalue weighted by molar-refractivity contribution is 5.88. The molecule has 20 heavy (non-hydrogen) atoms. The van der Waals surface area contributed by atoms with Crippen LogP contribution < -0.4 is 10.6 Å². The number of H-pyrrole nitrogens is 1. The number of hydrogen-bond donors (Lipinski definition) is 2. The number of rotatable bonds is 4. The summed E-state index contributed by atoms with van der Waals surface area (Å²) in [6.45, 7) is 3.81. The second kappa shape index (κ2) is 5.21. The average Bonchev–Trinajstić information content (AvgIpc) is 2.92. The zero-order valence-corrected chi connectivity index (χ0v) is 11.4. The molecule has 0 bridgehead atoms. The first-order chi connectivity index (χ1) is 9.78. The summed E-state index contributed by atoms with van der Waals surface area (Å²) in [6, 6.07) is 8.06. The number of pyridine rings is 1. The van der Waals surface area contributed by atoms with Crippen LogP contribution in [0.3, 0.4) is 0 Å². The molecule has 0 fully saturated rings. The van der Waals surface area contributed by atoms with Crippen LogP contribution in [0.4, 0.5) is 11.4 Å². The Bertz CT molecular complexity index is 705. The van der Waals surface area contributed by atoms with Crippen LogP contribution in [-0.2, 0) is 6.54 Å². The van der Waals surface area contributed by atoms with Crippen LogP contribution in [0.1, 0.15) is 12.5 Å². The molecule has 3 N–H and O–H groups in total. The zero-order chi connectivity index (χ0) is 13.9. The molecule has 0 unspecified atom stereocenters. The molecule has 0 aliphatic heterocycles. The minimum absolute atomic E-state index is 0.773. The number of aromatic amines is 1. The second-order valence-electron chi connectivity index (χ2n) is 4.74. The van der Waals surface area contributed by atoms with Gasteiger partial charge in [0, 0.05) is 30.9 Å². The molecule has 0 amide bonds. The first-order valence-corrected chi connectivity index (χ1v) is 6.64. The van der Waals surface area contributed by atoms with Gasteiger partial charge in [-0.3, -0.25) is 10.1 Å². The lowest BCUT2D eigenvalue weighted by molar-refractivity contribution is 0.832. The molecular weight excluding hydrogens is 250 g/mol. The summed E-state index contributed by atoms with van der Waals surface area (Å²) in [5.41, 5.74) is 10.2. The maximum absolute atomic E-state index is 6.18. The van der Waals surface area contributed by atoms with Crippen molar-refractivity contribution in [1.29, 1.82) is 0 Å². The van der Waals surface area contributed by atoms with Gasteiger partial charge in [-0.2, -0.15) is 5.10 Å². The van der Waals surface area contributed by atoms with Crippen LogP contribution >= 0.6 is 0 Å². The number of hydrogen-bond acceptors (Lipinski definition) is 4. The van der Waals surface area contributed by atoms with E-state index in [-0.39, 0.29) is 0 Å². The number of aromatic nitrogens is 3. The van der Waals surface area contributed by atoms with Gasteiger partial charge in [0.2, 0.25) is 0 Å². The molecule has 5 nitrogen and oxygen atoms in total. The third kappa shape index (κ3) is 2.30. The van der Waals surface area contributed by atoms with Crippen LogP contribution in [0.2, 0.25) is 0 Å². The standard InChI is InChI=1S/C15H17N5/c1-2-20(10-11-3-5-17-6-4-11)15-8-14-12(7-13(15)16)9-18-19-14/h3-9H,2,10,16H2,1H3,(H,18,19). The van der Waals surface area contributed by atoms with E-state index in [0.29, 0.717) is 0 Å². The van der Waals surface area contributed by atoms with E-state index in [1.807, 2.05) is 30.6 Å². The van der Waals surface area contributed by atoms with Gasteiger partial charge in [-0.1, -0.05) is 0 Å². The molecule has 2 heterocycles. The molecule has 0 atom stereocenters. The monoisotopic (exact) mass is 267 g/mol. The van der Waals surface area contributed by atoms with E-state index >= 15 is 0 Å². The van der Waals surface area contributed by atoms with Crippen molar-refractivity contribution in [2.75, 3.05) is 17.2 Å². The van der Waals surface area contributed by atoms with E-state index in [1.54, 1.807) is 6.20 Å². The van der Waals surface area contributed by atoms with E-state index in [4.69, 9.17) is 5.73 Å². The highest BCUT2D eigenvalue weighted by Gasteiger charge is 2.11. The number of nitrogens with one attached hydrogen (secondary N) is 1. The number of fused-ring (bicyclic) bond motifs is 1. The van der Waals surface area contributed by atoms with Crippen molar-refractivity contribution in [2.24, 2.45) is 0 Å². The summed E-state index contributed by atoms with van der Waals surface area (Å²) < 4.78 is 0. The Labute approximate surface area is 117 Å². The normalized spacial score (nSPS) is 10.8. The number of nitrogens with two attached hydrogens (primary N) is 1. The van der Waals surface area contributed by atoms with Crippen molar-refractivity contribution in [3.63, 3.8) is 0 Å². The lowest BCUT2D eigenvalue weighted by atomic mass is 10.1. The van der Waals surface area contributed by atoms with E-state index in [9.17, 15) is 0 Å². The van der Waals surface area contributed by atoms with Gasteiger partial charge in [0.1, 0.15) is 0 Å². The predicted octanol–water partition coefficient (Wildman–Crippen LogP) is 2.57. The minimum Gasteiger partial charge on any atom is -0.397 e. The van der Waals surface area contributed by atoms with Gasteiger partial charge in [-0.05, 0) is 36.8 Å². The second-order valence-corrected chi connectivity index (χ2v) is 4.74. The molecule has 2 aromatic heterocycles. The predicted molar refractivity (Wildman–Crippen MR) is 81.5 cm³/mol. The van der Waals surface area contributed by atoms with Crippen molar-refractivity contribution >= 4 is 22.3 Å². The fraction of sp³-hybridized carbons (Fsp3) is 0.200.